The van der Waals surface area contributed by atoms with Crippen LogP contribution < -0.4 is 15.0 Å². The van der Waals surface area contributed by atoms with Crippen LogP contribution in [0.5, 0.6) is 11.6 Å². The van der Waals surface area contributed by atoms with E-state index in [-0.39, 0.29) is 17.5 Å². The number of imidazole rings is 1. The predicted octanol–water partition coefficient (Wildman–Crippen LogP) is 2.46. The molecule has 0 radical (unpaired) electrons. The first-order valence-electron chi connectivity index (χ1n) is 10.8. The van der Waals surface area contributed by atoms with Crippen molar-refractivity contribution in [1.82, 2.24) is 19.5 Å². The second-order valence-electron chi connectivity index (χ2n) is 8.07. The van der Waals surface area contributed by atoms with Crippen LogP contribution in [0.1, 0.15) is 20.1 Å². The van der Waals surface area contributed by atoms with Gasteiger partial charge < -0.3 is 24.5 Å². The van der Waals surface area contributed by atoms with Crippen molar-refractivity contribution in [2.75, 3.05) is 19.0 Å². The quantitative estimate of drug-likeness (QED) is 0.336. The maximum atomic E-state index is 14.5. The van der Waals surface area contributed by atoms with Gasteiger partial charge in [-0.05, 0) is 19.1 Å². The molecule has 3 heterocycles. The van der Waals surface area contributed by atoms with Crippen LogP contribution >= 0.6 is 8.25 Å². The number of nitrogens with zero attached hydrogens (tertiary/aromatic N) is 4. The van der Waals surface area contributed by atoms with Crippen molar-refractivity contribution in [2.45, 2.75) is 38.4 Å². The van der Waals surface area contributed by atoms with E-state index in [0.29, 0.717) is 17.9 Å². The van der Waals surface area contributed by atoms with Crippen molar-refractivity contribution in [3.8, 4) is 11.6 Å². The second kappa shape index (κ2) is 9.06. The van der Waals surface area contributed by atoms with Gasteiger partial charge in [0.2, 0.25) is 11.8 Å². The number of alkyl halides is 1. The molecule has 12 nitrogen and oxygen atoms in total. The minimum absolute atomic E-state index is 0.0621. The van der Waals surface area contributed by atoms with E-state index in [1.165, 1.54) is 17.8 Å². The van der Waals surface area contributed by atoms with Crippen LogP contribution in [0.2, 0.25) is 0 Å². The number of hydrogen-bond acceptors (Lipinski definition) is 11. The van der Waals surface area contributed by atoms with Gasteiger partial charge in [-0.2, -0.15) is 9.97 Å². The first kappa shape index (κ1) is 23.5. The Kier molecular flexibility index (Phi) is 6.07. The molecule has 2 fully saturated rings. The van der Waals surface area contributed by atoms with Crippen LogP contribution in [-0.4, -0.2) is 57.1 Å². The lowest BCUT2D eigenvalue weighted by Gasteiger charge is -2.28. The SMILES string of the molecule is CCOc1nc(N)nc2c1ncn2[C@@H]1O[C@@H]2C(O[PH](=O)Oc3ccccc3)[C@]2(CF)[C@H]1OC(C)=O. The van der Waals surface area contributed by atoms with E-state index in [9.17, 15) is 13.8 Å². The van der Waals surface area contributed by atoms with Crippen LogP contribution in [0.25, 0.3) is 11.2 Å². The second-order valence-corrected chi connectivity index (χ2v) is 9.01. The van der Waals surface area contributed by atoms with Gasteiger partial charge in [0.05, 0.1) is 18.3 Å². The summed E-state index contributed by atoms with van der Waals surface area (Å²) >= 11 is 0. The average molecular weight is 507 g/mol. The number of carbonyl (C=O) groups is 1. The number of ether oxygens (including phenoxy) is 3. The number of aromatic nitrogens is 4. The van der Waals surface area contributed by atoms with Crippen LogP contribution in [0.3, 0.4) is 0 Å². The van der Waals surface area contributed by atoms with Gasteiger partial charge in [-0.15, -0.1) is 0 Å². The Labute approximate surface area is 199 Å². The highest BCUT2D eigenvalue weighted by Gasteiger charge is 2.80. The van der Waals surface area contributed by atoms with Gasteiger partial charge in [-0.1, -0.05) is 18.2 Å². The topological polar surface area (TPSA) is 150 Å². The molecule has 0 amide bonds. The lowest BCUT2D eigenvalue weighted by atomic mass is 9.99. The molecule has 14 heteroatoms. The van der Waals surface area contributed by atoms with Crippen molar-refractivity contribution < 1.29 is 37.0 Å². The van der Waals surface area contributed by atoms with Gasteiger partial charge in [-0.25, -0.2) is 9.55 Å². The molecule has 1 saturated heterocycles. The predicted molar refractivity (Wildman–Crippen MR) is 120 cm³/mol. The Bertz CT molecular complexity index is 1280. The maximum Gasteiger partial charge on any atom is 0.368 e. The monoisotopic (exact) mass is 507 g/mol. The number of hydrogen-bond donors (Lipinski definition) is 1. The number of para-hydroxylation sites is 1. The molecule has 3 aromatic rings. The van der Waals surface area contributed by atoms with E-state index < -0.39 is 50.9 Å². The number of fused-ring (bicyclic) bond motifs is 2. The number of carbonyl (C=O) groups excluding carboxylic acids is 1. The van der Waals surface area contributed by atoms with Crippen molar-refractivity contribution in [3.05, 3.63) is 36.7 Å². The normalized spacial score (nSPS) is 27.9. The Hall–Kier alpha value is -3.28. The van der Waals surface area contributed by atoms with Gasteiger partial charge in [0.15, 0.2) is 23.5 Å². The third kappa shape index (κ3) is 3.99. The molecular weight excluding hydrogens is 484 g/mol. The molecule has 2 unspecified atom stereocenters. The van der Waals surface area contributed by atoms with E-state index in [1.807, 2.05) is 0 Å². The van der Waals surface area contributed by atoms with E-state index in [2.05, 4.69) is 15.0 Å². The molecule has 2 aliphatic rings. The Balaban J connectivity index is 1.43. The Morgan fingerprint density at radius 2 is 2.06 bits per heavy atom. The lowest BCUT2D eigenvalue weighted by molar-refractivity contribution is -0.161. The largest absolute Gasteiger partial charge is 0.476 e. The molecule has 1 aliphatic carbocycles. The van der Waals surface area contributed by atoms with E-state index in [0.717, 1.165) is 0 Å². The first-order valence-corrected chi connectivity index (χ1v) is 12.1. The summed E-state index contributed by atoms with van der Waals surface area (Å²) in [5.41, 5.74) is 5.03. The summed E-state index contributed by atoms with van der Waals surface area (Å²) in [5.74, 6) is -0.185. The zero-order chi connectivity index (χ0) is 24.7. The molecule has 1 saturated carbocycles. The van der Waals surface area contributed by atoms with Gasteiger partial charge in [0, 0.05) is 6.92 Å². The maximum absolute atomic E-state index is 14.5. The molecule has 0 spiro atoms. The zero-order valence-electron chi connectivity index (χ0n) is 18.8. The Morgan fingerprint density at radius 1 is 1.29 bits per heavy atom. The van der Waals surface area contributed by atoms with Crippen LogP contribution in [0, 0.1) is 5.41 Å². The fourth-order valence-electron chi connectivity index (χ4n) is 4.40. The summed E-state index contributed by atoms with van der Waals surface area (Å²) in [6, 6.07) is 8.45. The smallest absolute Gasteiger partial charge is 0.368 e. The number of halogens is 1. The lowest BCUT2D eigenvalue weighted by Crippen LogP contribution is -2.37. The Morgan fingerprint density at radius 3 is 2.74 bits per heavy atom. The summed E-state index contributed by atoms with van der Waals surface area (Å²) in [6.45, 7) is 2.36. The standard InChI is InChI=1S/C21H23FN5O7P/c1-3-30-18-13-17(25-20(23)26-18)27(10-24-13)19-16(31-11(2)28)21(9-22)14(32-19)15(21)34-35(29)33-12-7-5-4-6-8-12/h4-8,10,14-16,19,35H,3,9H2,1-2H3,(H2,23,25,26)/t14-,15?,16+,19-,21-/m1/s1. The number of nitrogen functional groups attached to an aromatic ring is 1. The zero-order valence-corrected chi connectivity index (χ0v) is 19.8. The molecule has 2 N–H and O–H groups in total. The molecule has 5 rings (SSSR count). The van der Waals surface area contributed by atoms with E-state index >= 15 is 0 Å². The molecule has 1 aromatic carbocycles. The fourth-order valence-corrected chi connectivity index (χ4v) is 5.32. The van der Waals surface area contributed by atoms with Gasteiger partial charge in [-0.3, -0.25) is 18.3 Å². The third-order valence-corrected chi connectivity index (χ3v) is 6.80. The minimum atomic E-state index is -3.05. The molecule has 0 bridgehead atoms. The van der Waals surface area contributed by atoms with Crippen molar-refractivity contribution in [2.24, 2.45) is 5.41 Å². The molecule has 35 heavy (non-hydrogen) atoms. The highest BCUT2D eigenvalue weighted by Crippen LogP contribution is 2.65. The third-order valence-electron chi connectivity index (χ3n) is 5.95. The summed E-state index contributed by atoms with van der Waals surface area (Å²) in [5, 5.41) is 0. The van der Waals surface area contributed by atoms with Gasteiger partial charge in [0.25, 0.3) is 0 Å². The summed E-state index contributed by atoms with van der Waals surface area (Å²) in [6.07, 6.45) is -2.52. The first-order chi connectivity index (χ1) is 16.9. The van der Waals surface area contributed by atoms with Crippen LogP contribution in [0.4, 0.5) is 10.3 Å². The molecule has 2 aromatic heterocycles. The van der Waals surface area contributed by atoms with Gasteiger partial charge in [0.1, 0.15) is 24.6 Å². The highest BCUT2D eigenvalue weighted by molar-refractivity contribution is 7.33. The molecule has 6 atom stereocenters. The molecule has 186 valence electrons. The number of anilines is 1. The van der Waals surface area contributed by atoms with Crippen molar-refractivity contribution in [3.63, 3.8) is 0 Å². The minimum Gasteiger partial charge on any atom is -0.476 e. The summed E-state index contributed by atoms with van der Waals surface area (Å²) < 4.78 is 56.4. The van der Waals surface area contributed by atoms with Crippen molar-refractivity contribution in [1.29, 1.82) is 0 Å². The number of esters is 1. The van der Waals surface area contributed by atoms with Crippen molar-refractivity contribution >= 4 is 31.3 Å². The van der Waals surface area contributed by atoms with Gasteiger partial charge >= 0.3 is 14.2 Å². The van der Waals surface area contributed by atoms with Crippen LogP contribution in [0.15, 0.2) is 36.7 Å². The number of rotatable bonds is 9. The summed E-state index contributed by atoms with van der Waals surface area (Å²) in [7, 11) is -3.05. The molecular formula is C21H23FN5O7P. The highest BCUT2D eigenvalue weighted by atomic mass is 31.1. The average Bonchev–Trinajstić information content (AvgIpc) is 3.08. The fraction of sp³-hybridized carbons (Fsp3) is 0.429. The van der Waals surface area contributed by atoms with E-state index in [4.69, 9.17) is 29.0 Å². The molecule has 1 aliphatic heterocycles. The number of nitrogens with two attached hydrogens (primary N) is 1. The number of benzene rings is 1. The van der Waals surface area contributed by atoms with E-state index in [1.54, 1.807) is 37.3 Å². The summed E-state index contributed by atoms with van der Waals surface area (Å²) in [4.78, 5) is 24.5. The van der Waals surface area contributed by atoms with Crippen LogP contribution in [-0.2, 0) is 23.4 Å².